The molecule has 0 unspecified atom stereocenters. The zero-order chi connectivity index (χ0) is 17.2. The number of hydrogen-bond donors (Lipinski definition) is 0. The van der Waals surface area contributed by atoms with Crippen molar-refractivity contribution in [2.75, 3.05) is 25.5 Å². The van der Waals surface area contributed by atoms with Gasteiger partial charge in [0.05, 0.1) is 11.8 Å². The van der Waals surface area contributed by atoms with Crippen LogP contribution in [-0.4, -0.2) is 56.5 Å². The fraction of sp³-hybridized carbons (Fsp3) is 0.500. The molecule has 2 aromatic rings. The first-order chi connectivity index (χ1) is 12.2. The Hall–Kier alpha value is -2.29. The van der Waals surface area contributed by atoms with E-state index < -0.39 is 0 Å². The van der Waals surface area contributed by atoms with E-state index in [0.29, 0.717) is 24.1 Å². The minimum absolute atomic E-state index is 0.0848. The van der Waals surface area contributed by atoms with Crippen molar-refractivity contribution < 1.29 is 14.3 Å². The Balaban J connectivity index is 1.46. The summed E-state index contributed by atoms with van der Waals surface area (Å²) in [6.07, 6.45) is 1.96. The van der Waals surface area contributed by atoms with Crippen molar-refractivity contribution in [1.82, 2.24) is 25.1 Å². The first-order valence-electron chi connectivity index (χ1n) is 8.26. The number of aryl methyl sites for hydroxylation is 1. The van der Waals surface area contributed by atoms with Crippen LogP contribution in [0.25, 0.3) is 0 Å². The Labute approximate surface area is 149 Å². The van der Waals surface area contributed by atoms with Gasteiger partial charge in [0.1, 0.15) is 13.2 Å². The number of amides is 1. The Morgan fingerprint density at radius 3 is 2.96 bits per heavy atom. The number of ether oxygens (including phenoxy) is 2. The van der Waals surface area contributed by atoms with E-state index in [1.165, 1.54) is 11.8 Å². The number of carbonyl (C=O) groups excluding carboxylic acids is 1. The van der Waals surface area contributed by atoms with Gasteiger partial charge in [0, 0.05) is 13.6 Å². The van der Waals surface area contributed by atoms with Gasteiger partial charge in [-0.3, -0.25) is 4.79 Å². The summed E-state index contributed by atoms with van der Waals surface area (Å²) in [5, 5.41) is 11.9. The lowest BCUT2D eigenvalue weighted by Crippen LogP contribution is -2.32. The van der Waals surface area contributed by atoms with Crippen molar-refractivity contribution in [1.29, 1.82) is 0 Å². The van der Waals surface area contributed by atoms with Gasteiger partial charge in [-0.2, -0.15) is 0 Å². The lowest BCUT2D eigenvalue weighted by molar-refractivity contribution is -0.129. The van der Waals surface area contributed by atoms with E-state index >= 15 is 0 Å². The van der Waals surface area contributed by atoms with E-state index in [-0.39, 0.29) is 11.9 Å². The lowest BCUT2D eigenvalue weighted by Gasteiger charge is -2.26. The number of aromatic nitrogens is 4. The van der Waals surface area contributed by atoms with Gasteiger partial charge in [-0.15, -0.1) is 5.10 Å². The molecule has 0 radical (unpaired) electrons. The second-order valence-electron chi connectivity index (χ2n) is 6.02. The van der Waals surface area contributed by atoms with Crippen molar-refractivity contribution >= 4 is 17.7 Å². The van der Waals surface area contributed by atoms with Crippen molar-refractivity contribution in [2.45, 2.75) is 24.0 Å². The van der Waals surface area contributed by atoms with Crippen LogP contribution in [0.3, 0.4) is 0 Å². The number of rotatable bonds is 4. The zero-order valence-corrected chi connectivity index (χ0v) is 14.7. The molecule has 25 heavy (non-hydrogen) atoms. The molecular formula is C16H19N5O3S. The SMILES string of the molecule is Cn1nnnc1SCC(=O)N1CCC[C@@H]1c1ccc2c(c1)OCCO2. The predicted molar refractivity (Wildman–Crippen MR) is 90.6 cm³/mol. The molecule has 0 saturated carbocycles. The molecular weight excluding hydrogens is 342 g/mol. The van der Waals surface area contributed by atoms with E-state index in [9.17, 15) is 4.79 Å². The number of carbonyl (C=O) groups is 1. The van der Waals surface area contributed by atoms with Gasteiger partial charge in [-0.25, -0.2) is 4.68 Å². The second kappa shape index (κ2) is 6.91. The molecule has 0 bridgehead atoms. The van der Waals surface area contributed by atoms with Crippen LogP contribution in [0.2, 0.25) is 0 Å². The molecule has 9 heteroatoms. The minimum atomic E-state index is 0.0848. The number of likely N-dealkylation sites (tertiary alicyclic amines) is 1. The van der Waals surface area contributed by atoms with Gasteiger partial charge >= 0.3 is 0 Å². The molecule has 0 N–H and O–H groups in total. The molecule has 1 atom stereocenters. The van der Waals surface area contributed by atoms with Gasteiger partial charge in [-0.1, -0.05) is 17.8 Å². The highest BCUT2D eigenvalue weighted by atomic mass is 32.2. The summed E-state index contributed by atoms with van der Waals surface area (Å²) < 4.78 is 12.8. The normalized spacial score (nSPS) is 19.2. The molecule has 8 nitrogen and oxygen atoms in total. The molecule has 3 heterocycles. The molecule has 0 spiro atoms. The highest BCUT2D eigenvalue weighted by Gasteiger charge is 2.31. The maximum absolute atomic E-state index is 12.7. The molecule has 1 aromatic carbocycles. The monoisotopic (exact) mass is 361 g/mol. The maximum atomic E-state index is 12.7. The number of hydrogen-bond acceptors (Lipinski definition) is 7. The third kappa shape index (κ3) is 3.28. The van der Waals surface area contributed by atoms with Crippen LogP contribution in [0.15, 0.2) is 23.4 Å². The molecule has 1 aromatic heterocycles. The molecule has 1 amide bonds. The number of fused-ring (bicyclic) bond motifs is 1. The van der Waals surface area contributed by atoms with Crippen molar-refractivity contribution in [3.05, 3.63) is 23.8 Å². The summed E-state index contributed by atoms with van der Waals surface area (Å²) in [7, 11) is 1.76. The second-order valence-corrected chi connectivity index (χ2v) is 6.96. The fourth-order valence-electron chi connectivity index (χ4n) is 3.23. The predicted octanol–water partition coefficient (Wildman–Crippen LogP) is 1.44. The van der Waals surface area contributed by atoms with Crippen molar-refractivity contribution in [3.8, 4) is 11.5 Å². The topological polar surface area (TPSA) is 82.4 Å². The summed E-state index contributed by atoms with van der Waals surface area (Å²) in [5.74, 6) is 1.97. The van der Waals surface area contributed by atoms with Crippen LogP contribution in [0, 0.1) is 0 Å². The van der Waals surface area contributed by atoms with Gasteiger partial charge in [0.2, 0.25) is 11.1 Å². The van der Waals surface area contributed by atoms with E-state index in [2.05, 4.69) is 15.5 Å². The lowest BCUT2D eigenvalue weighted by atomic mass is 10.0. The number of tetrazole rings is 1. The van der Waals surface area contributed by atoms with Crippen molar-refractivity contribution in [2.24, 2.45) is 7.05 Å². The molecule has 0 aliphatic carbocycles. The van der Waals surface area contributed by atoms with Crippen LogP contribution >= 0.6 is 11.8 Å². The molecule has 1 saturated heterocycles. The van der Waals surface area contributed by atoms with Crippen LogP contribution < -0.4 is 9.47 Å². The van der Waals surface area contributed by atoms with E-state index in [4.69, 9.17) is 9.47 Å². The number of thioether (sulfide) groups is 1. The van der Waals surface area contributed by atoms with E-state index in [1.807, 2.05) is 23.1 Å². The minimum Gasteiger partial charge on any atom is -0.486 e. The third-order valence-corrected chi connectivity index (χ3v) is 5.43. The standard InChI is InChI=1S/C16H19N5O3S/c1-20-16(17-18-19-20)25-10-15(22)21-6-2-3-12(21)11-4-5-13-14(9-11)24-8-7-23-13/h4-5,9,12H,2-3,6-8,10H2,1H3/t12-/m1/s1. The Bertz CT molecular complexity index is 781. The summed E-state index contributed by atoms with van der Waals surface area (Å²) in [4.78, 5) is 14.6. The summed E-state index contributed by atoms with van der Waals surface area (Å²) in [6, 6.07) is 6.06. The Morgan fingerprint density at radius 1 is 1.32 bits per heavy atom. The average molecular weight is 361 g/mol. The van der Waals surface area contributed by atoms with Gasteiger partial charge < -0.3 is 14.4 Å². The summed E-state index contributed by atoms with van der Waals surface area (Å²) >= 11 is 1.36. The quantitative estimate of drug-likeness (QED) is 0.762. The van der Waals surface area contributed by atoms with Crippen LogP contribution in [0.4, 0.5) is 0 Å². The summed E-state index contributed by atoms with van der Waals surface area (Å²) in [6.45, 7) is 1.91. The first-order valence-corrected chi connectivity index (χ1v) is 9.25. The molecule has 132 valence electrons. The maximum Gasteiger partial charge on any atom is 0.233 e. The highest BCUT2D eigenvalue weighted by molar-refractivity contribution is 7.99. The van der Waals surface area contributed by atoms with Gasteiger partial charge in [0.25, 0.3) is 0 Å². The molecule has 4 rings (SSSR count). The highest BCUT2D eigenvalue weighted by Crippen LogP contribution is 2.38. The number of benzene rings is 1. The molecule has 1 fully saturated rings. The molecule has 2 aliphatic heterocycles. The van der Waals surface area contributed by atoms with Gasteiger partial charge in [0.15, 0.2) is 11.5 Å². The van der Waals surface area contributed by atoms with Crippen LogP contribution in [-0.2, 0) is 11.8 Å². The Kier molecular flexibility index (Phi) is 4.48. The molecule has 2 aliphatic rings. The summed E-state index contributed by atoms with van der Waals surface area (Å²) in [5.41, 5.74) is 1.10. The third-order valence-electron chi connectivity index (χ3n) is 4.43. The Morgan fingerprint density at radius 2 is 2.16 bits per heavy atom. The van der Waals surface area contributed by atoms with Crippen LogP contribution in [0.5, 0.6) is 11.5 Å². The fourth-order valence-corrected chi connectivity index (χ4v) is 3.97. The first kappa shape index (κ1) is 16.2. The van der Waals surface area contributed by atoms with Crippen molar-refractivity contribution in [3.63, 3.8) is 0 Å². The number of nitrogens with zero attached hydrogens (tertiary/aromatic N) is 5. The van der Waals surface area contributed by atoms with Crippen LogP contribution in [0.1, 0.15) is 24.4 Å². The van der Waals surface area contributed by atoms with Gasteiger partial charge in [-0.05, 0) is 41.0 Å². The smallest absolute Gasteiger partial charge is 0.233 e. The van der Waals surface area contributed by atoms with E-state index in [0.717, 1.165) is 36.4 Å². The zero-order valence-electron chi connectivity index (χ0n) is 13.9. The average Bonchev–Trinajstić information content (AvgIpc) is 3.28. The van der Waals surface area contributed by atoms with E-state index in [1.54, 1.807) is 11.7 Å². The largest absolute Gasteiger partial charge is 0.486 e.